The van der Waals surface area contributed by atoms with Crippen molar-refractivity contribution in [2.75, 3.05) is 60.7 Å². The average molecular weight is 411 g/mol. The minimum absolute atomic E-state index is 0.386. The summed E-state index contributed by atoms with van der Waals surface area (Å²) in [7, 11) is 4.10. The summed E-state index contributed by atoms with van der Waals surface area (Å²) in [4.78, 5) is 24.1. The highest BCUT2D eigenvalue weighted by molar-refractivity contribution is 7.21. The fourth-order valence-electron chi connectivity index (χ4n) is 3.85. The number of benzene rings is 1. The Bertz CT molecular complexity index is 1030. The summed E-state index contributed by atoms with van der Waals surface area (Å²) in [5.41, 5.74) is 15.7. The third-order valence-corrected chi connectivity index (χ3v) is 6.53. The van der Waals surface area contributed by atoms with Crippen molar-refractivity contribution < 1.29 is 4.79 Å². The molecule has 1 amide bonds. The summed E-state index contributed by atoms with van der Waals surface area (Å²) in [5.74, 6) is -0.500. The lowest BCUT2D eigenvalue weighted by atomic mass is 10.2. The van der Waals surface area contributed by atoms with Gasteiger partial charge >= 0.3 is 0 Å². The van der Waals surface area contributed by atoms with Gasteiger partial charge in [0, 0.05) is 57.8 Å². The minimum atomic E-state index is -0.500. The molecule has 152 valence electrons. The van der Waals surface area contributed by atoms with E-state index in [1.807, 2.05) is 20.2 Å². The van der Waals surface area contributed by atoms with Crippen LogP contribution >= 0.6 is 11.3 Å². The van der Waals surface area contributed by atoms with Gasteiger partial charge in [0.2, 0.25) is 0 Å². The van der Waals surface area contributed by atoms with Crippen molar-refractivity contribution in [3.63, 3.8) is 0 Å². The molecule has 1 aliphatic heterocycles. The fourth-order valence-corrected chi connectivity index (χ4v) is 4.79. The summed E-state index contributed by atoms with van der Waals surface area (Å²) in [6.45, 7) is 3.71. The summed E-state index contributed by atoms with van der Waals surface area (Å²) in [6, 6.07) is 10.7. The number of carbonyl (C=O) groups excluding carboxylic acids is 1. The number of nitrogens with zero attached hydrogens (tertiary/aromatic N) is 4. The maximum absolute atomic E-state index is 11.7. The molecule has 0 radical (unpaired) electrons. The number of thiophene rings is 1. The summed E-state index contributed by atoms with van der Waals surface area (Å²) in [5, 5.41) is 0.843. The first-order valence-corrected chi connectivity index (χ1v) is 10.5. The highest BCUT2D eigenvalue weighted by Crippen LogP contribution is 2.38. The van der Waals surface area contributed by atoms with E-state index in [0.29, 0.717) is 10.6 Å². The zero-order valence-corrected chi connectivity index (χ0v) is 17.6. The van der Waals surface area contributed by atoms with Crippen LogP contribution in [-0.4, -0.2) is 51.2 Å². The third kappa shape index (κ3) is 3.67. The molecule has 0 saturated carbocycles. The Morgan fingerprint density at radius 3 is 2.45 bits per heavy atom. The number of primary amides is 1. The van der Waals surface area contributed by atoms with Crippen molar-refractivity contribution >= 4 is 50.2 Å². The van der Waals surface area contributed by atoms with Gasteiger partial charge < -0.3 is 26.2 Å². The van der Waals surface area contributed by atoms with Gasteiger partial charge in [-0.25, -0.2) is 4.98 Å². The van der Waals surface area contributed by atoms with E-state index < -0.39 is 5.91 Å². The van der Waals surface area contributed by atoms with Crippen molar-refractivity contribution in [1.82, 2.24) is 4.98 Å². The highest BCUT2D eigenvalue weighted by Gasteiger charge is 2.22. The van der Waals surface area contributed by atoms with Gasteiger partial charge in [0.25, 0.3) is 5.91 Å². The van der Waals surface area contributed by atoms with Gasteiger partial charge in [0.15, 0.2) is 0 Å². The molecule has 3 heterocycles. The SMILES string of the molecule is CN(C)c1ccc(N2CCCN(c3ccnc4sc(C(N)=O)c(N)c34)CC2)cc1. The van der Waals surface area contributed by atoms with Crippen LogP contribution in [0, 0.1) is 0 Å². The molecule has 3 aromatic rings. The number of hydrogen-bond acceptors (Lipinski definition) is 7. The number of aromatic nitrogens is 1. The first-order valence-electron chi connectivity index (χ1n) is 9.70. The lowest BCUT2D eigenvalue weighted by Gasteiger charge is -2.26. The molecule has 4 N–H and O–H groups in total. The fraction of sp³-hybridized carbons (Fsp3) is 0.333. The van der Waals surface area contributed by atoms with Crippen molar-refractivity contribution in [1.29, 1.82) is 0 Å². The quantitative estimate of drug-likeness (QED) is 0.687. The Kier molecular flexibility index (Phi) is 5.19. The number of nitrogens with two attached hydrogens (primary N) is 2. The number of rotatable bonds is 4. The van der Waals surface area contributed by atoms with Crippen molar-refractivity contribution in [3.8, 4) is 0 Å². The van der Waals surface area contributed by atoms with Gasteiger partial charge in [-0.2, -0.15) is 0 Å². The van der Waals surface area contributed by atoms with Crippen molar-refractivity contribution in [2.45, 2.75) is 6.42 Å². The lowest BCUT2D eigenvalue weighted by Crippen LogP contribution is -2.30. The van der Waals surface area contributed by atoms with Gasteiger partial charge in [-0.15, -0.1) is 11.3 Å². The molecular formula is C21H26N6OS. The van der Waals surface area contributed by atoms with Gasteiger partial charge in [0.05, 0.1) is 16.8 Å². The van der Waals surface area contributed by atoms with Crippen LogP contribution in [0.15, 0.2) is 36.5 Å². The number of fused-ring (bicyclic) bond motifs is 1. The molecule has 0 atom stereocenters. The van der Waals surface area contributed by atoms with Crippen LogP contribution in [0.5, 0.6) is 0 Å². The minimum Gasteiger partial charge on any atom is -0.397 e. The van der Waals surface area contributed by atoms with Gasteiger partial charge in [-0.3, -0.25) is 4.79 Å². The lowest BCUT2D eigenvalue weighted by molar-refractivity contribution is 0.100. The average Bonchev–Trinajstić information content (AvgIpc) is 2.89. The molecule has 4 rings (SSSR count). The number of anilines is 4. The zero-order valence-electron chi connectivity index (χ0n) is 16.8. The van der Waals surface area contributed by atoms with Crippen LogP contribution in [0.2, 0.25) is 0 Å². The first kappa shape index (κ1) is 19.3. The molecule has 8 heteroatoms. The van der Waals surface area contributed by atoms with Crippen LogP contribution in [0.4, 0.5) is 22.7 Å². The zero-order chi connectivity index (χ0) is 20.5. The molecule has 1 aromatic carbocycles. The van der Waals surface area contributed by atoms with E-state index in [2.05, 4.69) is 43.9 Å². The van der Waals surface area contributed by atoms with Crippen LogP contribution in [0.3, 0.4) is 0 Å². The molecule has 0 bridgehead atoms. The van der Waals surface area contributed by atoms with Crippen LogP contribution < -0.4 is 26.2 Å². The second-order valence-electron chi connectivity index (χ2n) is 7.46. The normalized spacial score (nSPS) is 14.8. The maximum Gasteiger partial charge on any atom is 0.260 e. The smallest absolute Gasteiger partial charge is 0.260 e. The van der Waals surface area contributed by atoms with E-state index in [-0.39, 0.29) is 0 Å². The number of hydrogen-bond donors (Lipinski definition) is 2. The molecular weight excluding hydrogens is 384 g/mol. The summed E-state index contributed by atoms with van der Waals surface area (Å²) >= 11 is 1.26. The second kappa shape index (κ2) is 7.79. The number of carbonyl (C=O) groups is 1. The number of amides is 1. The Morgan fingerprint density at radius 1 is 1.07 bits per heavy atom. The monoisotopic (exact) mass is 410 g/mol. The molecule has 7 nitrogen and oxygen atoms in total. The first-order chi connectivity index (χ1) is 14.0. The predicted octanol–water partition coefficient (Wildman–Crippen LogP) is 2.76. The highest BCUT2D eigenvalue weighted by atomic mass is 32.1. The largest absolute Gasteiger partial charge is 0.397 e. The van der Waals surface area contributed by atoms with Crippen molar-refractivity contribution in [3.05, 3.63) is 41.4 Å². The standard InChI is InChI=1S/C21H26N6OS/c1-25(2)14-4-6-15(7-5-14)26-10-3-11-27(13-12-26)16-8-9-24-21-17(16)18(22)19(29-21)20(23)28/h4-9H,3,10-13,22H2,1-2H3,(H2,23,28). The predicted molar refractivity (Wildman–Crippen MR) is 122 cm³/mol. The van der Waals surface area contributed by atoms with Crippen molar-refractivity contribution in [2.24, 2.45) is 5.73 Å². The molecule has 1 aliphatic rings. The summed E-state index contributed by atoms with van der Waals surface area (Å²) in [6.07, 6.45) is 2.81. The molecule has 1 saturated heterocycles. The molecule has 1 fully saturated rings. The topological polar surface area (TPSA) is 91.7 Å². The van der Waals surface area contributed by atoms with Gasteiger partial charge in [-0.05, 0) is 36.8 Å². The Labute approximate surface area is 174 Å². The van der Waals surface area contributed by atoms with E-state index >= 15 is 0 Å². The van der Waals surface area contributed by atoms with Crippen LogP contribution in [0.25, 0.3) is 10.2 Å². The summed E-state index contributed by atoms with van der Waals surface area (Å²) < 4.78 is 0. The Morgan fingerprint density at radius 2 is 1.76 bits per heavy atom. The molecule has 0 unspecified atom stereocenters. The van der Waals surface area contributed by atoms with E-state index in [1.165, 1.54) is 22.7 Å². The van der Waals surface area contributed by atoms with Gasteiger partial charge in [0.1, 0.15) is 9.71 Å². The van der Waals surface area contributed by atoms with Crippen LogP contribution in [0.1, 0.15) is 16.1 Å². The van der Waals surface area contributed by atoms with E-state index in [1.54, 1.807) is 6.20 Å². The number of nitrogen functional groups attached to an aromatic ring is 1. The Balaban J connectivity index is 1.58. The molecule has 0 aliphatic carbocycles. The maximum atomic E-state index is 11.7. The number of pyridine rings is 1. The van der Waals surface area contributed by atoms with E-state index in [4.69, 9.17) is 11.5 Å². The molecule has 2 aromatic heterocycles. The van der Waals surface area contributed by atoms with E-state index in [9.17, 15) is 4.79 Å². The van der Waals surface area contributed by atoms with Gasteiger partial charge in [-0.1, -0.05) is 0 Å². The Hall–Kier alpha value is -3.00. The molecule has 29 heavy (non-hydrogen) atoms. The molecule has 0 spiro atoms. The second-order valence-corrected chi connectivity index (χ2v) is 8.46. The van der Waals surface area contributed by atoms with E-state index in [0.717, 1.165) is 48.5 Å². The third-order valence-electron chi connectivity index (χ3n) is 5.40. The van der Waals surface area contributed by atoms with Crippen LogP contribution in [-0.2, 0) is 0 Å².